The fourth-order valence-electron chi connectivity index (χ4n) is 2.27. The predicted octanol–water partition coefficient (Wildman–Crippen LogP) is 3.20. The first kappa shape index (κ1) is 18.9. The van der Waals surface area contributed by atoms with E-state index < -0.39 is 6.03 Å². The van der Waals surface area contributed by atoms with E-state index in [2.05, 4.69) is 16.0 Å². The standard InChI is InChI=1S/C18H22FN3O2S/c1-12(2)17(15-4-3-9-25-15)22-16(23)11-21-18(24)20-10-13-5-7-14(19)8-6-13/h3-9,12,17H,10-11H2,1-2H3,(H,22,23)(H2,20,21,24). The van der Waals surface area contributed by atoms with E-state index in [0.717, 1.165) is 10.4 Å². The first-order valence-electron chi connectivity index (χ1n) is 8.04. The van der Waals surface area contributed by atoms with E-state index in [1.54, 1.807) is 23.5 Å². The van der Waals surface area contributed by atoms with Crippen molar-refractivity contribution >= 4 is 23.3 Å². The number of urea groups is 1. The molecule has 2 rings (SSSR count). The van der Waals surface area contributed by atoms with Crippen LogP contribution in [0, 0.1) is 11.7 Å². The van der Waals surface area contributed by atoms with Gasteiger partial charge in [-0.05, 0) is 35.1 Å². The number of carbonyl (C=O) groups excluding carboxylic acids is 2. The van der Waals surface area contributed by atoms with Gasteiger partial charge in [0.05, 0.1) is 12.6 Å². The summed E-state index contributed by atoms with van der Waals surface area (Å²) in [5.41, 5.74) is 0.776. The van der Waals surface area contributed by atoms with Crippen molar-refractivity contribution in [3.05, 3.63) is 58.0 Å². The minimum atomic E-state index is -0.448. The zero-order valence-electron chi connectivity index (χ0n) is 14.2. The topological polar surface area (TPSA) is 70.2 Å². The Morgan fingerprint density at radius 2 is 1.84 bits per heavy atom. The average Bonchev–Trinajstić information content (AvgIpc) is 3.11. The summed E-state index contributed by atoms with van der Waals surface area (Å²) in [5.74, 6) is -0.325. The third-order valence-corrected chi connectivity index (χ3v) is 4.56. The smallest absolute Gasteiger partial charge is 0.315 e. The van der Waals surface area contributed by atoms with Gasteiger partial charge in [0.25, 0.3) is 0 Å². The lowest BCUT2D eigenvalue weighted by Crippen LogP contribution is -2.43. The zero-order valence-corrected chi connectivity index (χ0v) is 15.0. The zero-order chi connectivity index (χ0) is 18.2. The molecule has 3 amide bonds. The number of rotatable bonds is 7. The molecule has 1 aromatic heterocycles. The Balaban J connectivity index is 1.75. The molecule has 1 unspecified atom stereocenters. The Morgan fingerprint density at radius 1 is 1.12 bits per heavy atom. The predicted molar refractivity (Wildman–Crippen MR) is 96.7 cm³/mol. The van der Waals surface area contributed by atoms with Crippen molar-refractivity contribution in [2.24, 2.45) is 5.92 Å². The van der Waals surface area contributed by atoms with Gasteiger partial charge < -0.3 is 16.0 Å². The lowest BCUT2D eigenvalue weighted by molar-refractivity contribution is -0.121. The van der Waals surface area contributed by atoms with Crippen molar-refractivity contribution in [1.82, 2.24) is 16.0 Å². The Hall–Kier alpha value is -2.41. The van der Waals surface area contributed by atoms with Gasteiger partial charge in [-0.25, -0.2) is 9.18 Å². The molecule has 0 bridgehead atoms. The van der Waals surface area contributed by atoms with Crippen LogP contribution in [0.15, 0.2) is 41.8 Å². The number of thiophene rings is 1. The minimum absolute atomic E-state index is 0.0726. The summed E-state index contributed by atoms with van der Waals surface area (Å²) >= 11 is 1.59. The van der Waals surface area contributed by atoms with E-state index in [4.69, 9.17) is 0 Å². The molecular formula is C18H22FN3O2S. The largest absolute Gasteiger partial charge is 0.347 e. The van der Waals surface area contributed by atoms with Crippen LogP contribution in [0.3, 0.4) is 0 Å². The van der Waals surface area contributed by atoms with Crippen LogP contribution in [-0.4, -0.2) is 18.5 Å². The minimum Gasteiger partial charge on any atom is -0.347 e. The van der Waals surface area contributed by atoms with E-state index in [1.807, 2.05) is 31.4 Å². The fourth-order valence-corrected chi connectivity index (χ4v) is 3.22. The molecule has 0 saturated carbocycles. The maximum Gasteiger partial charge on any atom is 0.315 e. The highest BCUT2D eigenvalue weighted by molar-refractivity contribution is 7.10. The fraction of sp³-hybridized carbons (Fsp3) is 0.333. The lowest BCUT2D eigenvalue weighted by Gasteiger charge is -2.21. The molecule has 5 nitrogen and oxygen atoms in total. The van der Waals surface area contributed by atoms with Crippen LogP contribution in [0.1, 0.15) is 30.3 Å². The van der Waals surface area contributed by atoms with E-state index >= 15 is 0 Å². The summed E-state index contributed by atoms with van der Waals surface area (Å²) in [4.78, 5) is 24.9. The summed E-state index contributed by atoms with van der Waals surface area (Å²) in [5, 5.41) is 10.1. The van der Waals surface area contributed by atoms with E-state index in [9.17, 15) is 14.0 Å². The molecule has 7 heteroatoms. The van der Waals surface area contributed by atoms with Crippen molar-refractivity contribution < 1.29 is 14.0 Å². The van der Waals surface area contributed by atoms with Gasteiger partial charge in [-0.3, -0.25) is 4.79 Å². The molecule has 0 aliphatic rings. The first-order chi connectivity index (χ1) is 12.0. The van der Waals surface area contributed by atoms with Gasteiger partial charge in [0.15, 0.2) is 0 Å². The number of hydrogen-bond acceptors (Lipinski definition) is 3. The molecule has 2 aromatic rings. The highest BCUT2D eigenvalue weighted by Gasteiger charge is 2.19. The molecule has 0 radical (unpaired) electrons. The van der Waals surface area contributed by atoms with Gasteiger partial charge in [-0.1, -0.05) is 32.0 Å². The van der Waals surface area contributed by atoms with E-state index in [1.165, 1.54) is 12.1 Å². The quantitative estimate of drug-likeness (QED) is 0.707. The normalized spacial score (nSPS) is 11.8. The van der Waals surface area contributed by atoms with Crippen molar-refractivity contribution in [2.45, 2.75) is 26.4 Å². The number of benzene rings is 1. The Morgan fingerprint density at radius 3 is 2.44 bits per heavy atom. The summed E-state index contributed by atoms with van der Waals surface area (Å²) in [6, 6.07) is 9.26. The van der Waals surface area contributed by atoms with Gasteiger partial charge in [0.1, 0.15) is 5.82 Å². The van der Waals surface area contributed by atoms with Gasteiger partial charge in [-0.15, -0.1) is 11.3 Å². The highest BCUT2D eigenvalue weighted by Crippen LogP contribution is 2.25. The van der Waals surface area contributed by atoms with Gasteiger partial charge in [-0.2, -0.15) is 0 Å². The summed E-state index contributed by atoms with van der Waals surface area (Å²) in [7, 11) is 0. The molecule has 134 valence electrons. The van der Waals surface area contributed by atoms with Crippen molar-refractivity contribution in [2.75, 3.05) is 6.54 Å². The lowest BCUT2D eigenvalue weighted by atomic mass is 10.0. The molecule has 0 fully saturated rings. The molecule has 0 aliphatic heterocycles. The van der Waals surface area contributed by atoms with Crippen LogP contribution in [0.4, 0.5) is 9.18 Å². The van der Waals surface area contributed by atoms with Crippen LogP contribution in [0.25, 0.3) is 0 Å². The molecule has 1 aromatic carbocycles. The maximum atomic E-state index is 12.8. The third-order valence-electron chi connectivity index (χ3n) is 3.61. The number of nitrogens with one attached hydrogen (secondary N) is 3. The van der Waals surface area contributed by atoms with E-state index in [0.29, 0.717) is 0 Å². The van der Waals surface area contributed by atoms with Crippen LogP contribution in [0.5, 0.6) is 0 Å². The highest BCUT2D eigenvalue weighted by atomic mass is 32.1. The number of halogens is 1. The SMILES string of the molecule is CC(C)C(NC(=O)CNC(=O)NCc1ccc(F)cc1)c1cccs1. The van der Waals surface area contributed by atoms with Crippen LogP contribution < -0.4 is 16.0 Å². The van der Waals surface area contributed by atoms with Crippen LogP contribution >= 0.6 is 11.3 Å². The summed E-state index contributed by atoms with van der Waals surface area (Å²) < 4.78 is 12.8. The number of amides is 3. The summed E-state index contributed by atoms with van der Waals surface area (Å²) in [6.45, 7) is 4.22. The maximum absolute atomic E-state index is 12.8. The van der Waals surface area contributed by atoms with E-state index in [-0.39, 0.29) is 36.8 Å². The molecule has 1 heterocycles. The van der Waals surface area contributed by atoms with Crippen molar-refractivity contribution in [1.29, 1.82) is 0 Å². The molecule has 0 saturated heterocycles. The van der Waals surface area contributed by atoms with Crippen LogP contribution in [0.2, 0.25) is 0 Å². The molecule has 0 spiro atoms. The monoisotopic (exact) mass is 363 g/mol. The number of carbonyl (C=O) groups is 2. The Kier molecular flexibility index (Phi) is 6.94. The first-order valence-corrected chi connectivity index (χ1v) is 8.92. The van der Waals surface area contributed by atoms with Gasteiger partial charge in [0, 0.05) is 11.4 Å². The third kappa shape index (κ3) is 6.19. The average molecular weight is 363 g/mol. The molecule has 0 aliphatic carbocycles. The van der Waals surface area contributed by atoms with Gasteiger partial charge >= 0.3 is 6.03 Å². The van der Waals surface area contributed by atoms with Crippen LogP contribution in [-0.2, 0) is 11.3 Å². The molecule has 25 heavy (non-hydrogen) atoms. The van der Waals surface area contributed by atoms with Crippen molar-refractivity contribution in [3.8, 4) is 0 Å². The second-order valence-corrected chi connectivity index (χ2v) is 6.95. The molecule has 1 atom stereocenters. The van der Waals surface area contributed by atoms with Gasteiger partial charge in [0.2, 0.25) is 5.91 Å². The summed E-state index contributed by atoms with van der Waals surface area (Å²) in [6.07, 6.45) is 0. The second-order valence-electron chi connectivity index (χ2n) is 5.97. The molecule has 3 N–H and O–H groups in total. The Labute approximate surface area is 150 Å². The number of hydrogen-bond donors (Lipinski definition) is 3. The molecular weight excluding hydrogens is 341 g/mol. The van der Waals surface area contributed by atoms with Crippen molar-refractivity contribution in [3.63, 3.8) is 0 Å². The second kappa shape index (κ2) is 9.17. The Bertz CT molecular complexity index is 687.